The summed E-state index contributed by atoms with van der Waals surface area (Å²) < 4.78 is 8.98. The van der Waals surface area contributed by atoms with E-state index in [1.165, 1.54) is 11.8 Å². The molecule has 0 aliphatic heterocycles. The minimum Gasteiger partial charge on any atom is -0.497 e. The van der Waals surface area contributed by atoms with Gasteiger partial charge in [-0.2, -0.15) is 0 Å². The second kappa shape index (κ2) is 8.57. The van der Waals surface area contributed by atoms with E-state index >= 15 is 0 Å². The molecule has 0 radical (unpaired) electrons. The van der Waals surface area contributed by atoms with Crippen molar-refractivity contribution in [2.24, 2.45) is 0 Å². The van der Waals surface area contributed by atoms with E-state index in [-0.39, 0.29) is 11.7 Å². The number of hydrogen-bond acceptors (Lipinski definition) is 5. The van der Waals surface area contributed by atoms with Crippen molar-refractivity contribution >= 4 is 23.4 Å². The van der Waals surface area contributed by atoms with Gasteiger partial charge in [0.05, 0.1) is 12.9 Å². The van der Waals surface area contributed by atoms with Crippen LogP contribution < -0.4 is 10.1 Å². The first kappa shape index (κ1) is 18.1. The number of benzene rings is 1. The second-order valence-corrected chi connectivity index (χ2v) is 6.53. The molecule has 136 valence electrons. The van der Waals surface area contributed by atoms with Crippen molar-refractivity contribution in [2.75, 3.05) is 18.2 Å². The van der Waals surface area contributed by atoms with E-state index in [2.05, 4.69) is 22.4 Å². The van der Waals surface area contributed by atoms with Crippen LogP contribution in [0.25, 0.3) is 0 Å². The molecular weight excluding hydrogens is 350 g/mol. The third-order valence-electron chi connectivity index (χ3n) is 3.68. The minimum absolute atomic E-state index is 0.0979. The highest BCUT2D eigenvalue weighted by atomic mass is 32.2. The van der Waals surface area contributed by atoms with E-state index in [4.69, 9.17) is 4.74 Å². The van der Waals surface area contributed by atoms with Crippen molar-refractivity contribution in [3.05, 3.63) is 54.6 Å². The number of nitrogens with one attached hydrogen (secondary N) is 1. The van der Waals surface area contributed by atoms with E-state index < -0.39 is 0 Å². The Balaban J connectivity index is 1.66. The Labute approximate surface area is 156 Å². The number of aromatic nitrogens is 4. The van der Waals surface area contributed by atoms with E-state index in [1.807, 2.05) is 58.1 Å². The molecule has 0 fully saturated rings. The Bertz CT molecular complexity index is 843. The van der Waals surface area contributed by atoms with Crippen LogP contribution >= 0.6 is 11.8 Å². The number of anilines is 1. The average Bonchev–Trinajstić information content (AvgIpc) is 3.30. The van der Waals surface area contributed by atoms with Crippen LogP contribution in [0.1, 0.15) is 19.2 Å². The van der Waals surface area contributed by atoms with Crippen molar-refractivity contribution in [1.29, 1.82) is 0 Å². The Morgan fingerprint density at radius 2 is 1.92 bits per heavy atom. The van der Waals surface area contributed by atoms with Gasteiger partial charge in [0.2, 0.25) is 11.1 Å². The van der Waals surface area contributed by atoms with Crippen LogP contribution in [0.15, 0.2) is 53.9 Å². The molecule has 26 heavy (non-hydrogen) atoms. The molecule has 1 amide bonds. The predicted molar refractivity (Wildman–Crippen MR) is 102 cm³/mol. The second-order valence-electron chi connectivity index (χ2n) is 5.59. The number of methoxy groups -OCH3 is 1. The van der Waals surface area contributed by atoms with Crippen LogP contribution in [0, 0.1) is 0 Å². The Kier molecular flexibility index (Phi) is 5.96. The number of nitrogens with zero attached hydrogens (tertiary/aromatic N) is 4. The molecule has 1 N–H and O–H groups in total. The van der Waals surface area contributed by atoms with Crippen LogP contribution in [0.3, 0.4) is 0 Å². The Morgan fingerprint density at radius 3 is 2.58 bits per heavy atom. The van der Waals surface area contributed by atoms with Crippen LogP contribution in [0.2, 0.25) is 0 Å². The topological polar surface area (TPSA) is 74.0 Å². The van der Waals surface area contributed by atoms with Crippen molar-refractivity contribution in [2.45, 2.75) is 24.9 Å². The van der Waals surface area contributed by atoms with Gasteiger partial charge in [0, 0.05) is 24.5 Å². The summed E-state index contributed by atoms with van der Waals surface area (Å²) >= 11 is 1.36. The molecule has 3 aromatic rings. The van der Waals surface area contributed by atoms with E-state index in [0.29, 0.717) is 5.16 Å². The lowest BCUT2D eigenvalue weighted by Gasteiger charge is -2.11. The fourth-order valence-electron chi connectivity index (χ4n) is 2.46. The molecule has 8 heteroatoms. The standard InChI is InChI=1S/C18H21N5O2S/c1-3-6-16-20-21-18(23(16)22-11-4-5-12-22)26-13-17(24)19-14-7-9-15(25-2)10-8-14/h4-5,7-12H,3,6,13H2,1-2H3,(H,19,24). The maximum atomic E-state index is 12.2. The summed E-state index contributed by atoms with van der Waals surface area (Å²) in [5, 5.41) is 12.1. The third-order valence-corrected chi connectivity index (χ3v) is 4.60. The van der Waals surface area contributed by atoms with Crippen molar-refractivity contribution in [3.63, 3.8) is 0 Å². The molecule has 1 aromatic carbocycles. The highest BCUT2D eigenvalue weighted by Gasteiger charge is 2.15. The summed E-state index contributed by atoms with van der Waals surface area (Å²) in [4.78, 5) is 12.2. The van der Waals surface area contributed by atoms with E-state index in [9.17, 15) is 4.79 Å². The lowest BCUT2D eigenvalue weighted by molar-refractivity contribution is -0.113. The number of carbonyl (C=O) groups is 1. The molecule has 0 aliphatic carbocycles. The zero-order valence-corrected chi connectivity index (χ0v) is 15.6. The summed E-state index contributed by atoms with van der Waals surface area (Å²) in [6.45, 7) is 2.10. The maximum Gasteiger partial charge on any atom is 0.234 e. The molecule has 0 spiro atoms. The lowest BCUT2D eigenvalue weighted by Crippen LogP contribution is -2.16. The number of hydrogen-bond donors (Lipinski definition) is 1. The van der Waals surface area contributed by atoms with Gasteiger partial charge in [-0.25, -0.2) is 4.68 Å². The fraction of sp³-hybridized carbons (Fsp3) is 0.278. The van der Waals surface area contributed by atoms with Gasteiger partial charge in [0.25, 0.3) is 0 Å². The maximum absolute atomic E-state index is 12.2. The van der Waals surface area contributed by atoms with Crippen LogP contribution in [-0.4, -0.2) is 38.3 Å². The number of aryl methyl sites for hydroxylation is 1. The highest BCUT2D eigenvalue weighted by Crippen LogP contribution is 2.20. The smallest absolute Gasteiger partial charge is 0.234 e. The SMILES string of the molecule is CCCc1nnc(SCC(=O)Nc2ccc(OC)cc2)n1-n1cccc1. The molecule has 0 bridgehead atoms. The molecule has 3 rings (SSSR count). The molecule has 0 aliphatic rings. The fourth-order valence-corrected chi connectivity index (χ4v) is 3.21. The quantitative estimate of drug-likeness (QED) is 0.616. The monoisotopic (exact) mass is 371 g/mol. The van der Waals surface area contributed by atoms with Crippen LogP contribution in [0.4, 0.5) is 5.69 Å². The van der Waals surface area contributed by atoms with Crippen LogP contribution in [0.5, 0.6) is 5.75 Å². The molecule has 0 saturated carbocycles. The van der Waals surface area contributed by atoms with Crippen LogP contribution in [-0.2, 0) is 11.2 Å². The average molecular weight is 371 g/mol. The molecule has 2 aromatic heterocycles. The van der Waals surface area contributed by atoms with Gasteiger partial charge in [-0.3, -0.25) is 9.47 Å². The number of ether oxygens (including phenoxy) is 1. The molecule has 2 heterocycles. The van der Waals surface area contributed by atoms with Gasteiger partial charge < -0.3 is 10.1 Å². The molecule has 0 unspecified atom stereocenters. The Morgan fingerprint density at radius 1 is 1.19 bits per heavy atom. The predicted octanol–water partition coefficient (Wildman–Crippen LogP) is 3.08. The summed E-state index contributed by atoms with van der Waals surface area (Å²) in [7, 11) is 1.61. The largest absolute Gasteiger partial charge is 0.497 e. The number of carbonyl (C=O) groups excluding carboxylic acids is 1. The molecule has 7 nitrogen and oxygen atoms in total. The third kappa shape index (κ3) is 4.26. The molecule has 0 atom stereocenters. The summed E-state index contributed by atoms with van der Waals surface area (Å²) in [5.74, 6) is 1.78. The van der Waals surface area contributed by atoms with E-state index in [1.54, 1.807) is 7.11 Å². The number of rotatable bonds is 8. The lowest BCUT2D eigenvalue weighted by atomic mass is 10.3. The van der Waals surface area contributed by atoms with Gasteiger partial charge in [-0.05, 0) is 42.8 Å². The van der Waals surface area contributed by atoms with Gasteiger partial charge >= 0.3 is 0 Å². The van der Waals surface area contributed by atoms with Crippen molar-refractivity contribution in [3.8, 4) is 5.75 Å². The van der Waals surface area contributed by atoms with Crippen molar-refractivity contribution < 1.29 is 9.53 Å². The normalized spacial score (nSPS) is 10.7. The first-order valence-corrected chi connectivity index (χ1v) is 9.34. The van der Waals surface area contributed by atoms with E-state index in [0.717, 1.165) is 30.1 Å². The summed E-state index contributed by atoms with van der Waals surface area (Å²) in [5.41, 5.74) is 0.731. The zero-order valence-electron chi connectivity index (χ0n) is 14.8. The van der Waals surface area contributed by atoms with Gasteiger partial charge in [-0.1, -0.05) is 18.7 Å². The molecule has 0 saturated heterocycles. The van der Waals surface area contributed by atoms with Gasteiger partial charge in [0.1, 0.15) is 5.75 Å². The number of thioether (sulfide) groups is 1. The molecular formula is C18H21N5O2S. The zero-order chi connectivity index (χ0) is 18.4. The first-order chi connectivity index (χ1) is 12.7. The number of amides is 1. The van der Waals surface area contributed by atoms with Crippen molar-refractivity contribution in [1.82, 2.24) is 19.5 Å². The highest BCUT2D eigenvalue weighted by molar-refractivity contribution is 7.99. The first-order valence-electron chi connectivity index (χ1n) is 8.36. The minimum atomic E-state index is -0.0979. The van der Waals surface area contributed by atoms with Gasteiger partial charge in [-0.15, -0.1) is 10.2 Å². The van der Waals surface area contributed by atoms with Gasteiger partial charge in [0.15, 0.2) is 5.82 Å². The summed E-state index contributed by atoms with van der Waals surface area (Å²) in [6, 6.07) is 11.1. The summed E-state index contributed by atoms with van der Waals surface area (Å²) in [6.07, 6.45) is 5.67. The Hall–Kier alpha value is -2.74.